The van der Waals surface area contributed by atoms with Gasteiger partial charge in [-0.05, 0) is 73.8 Å². The standard InChI is InChI=1S/C23H30N4O2/c1-14-11-16(12-15(2)17(14)8-10-28-6)21-24-22(29-26-21)20-18-7-9-23(3,4)13-19(18)27(5)25-20/h11-12H,7-10,13H2,1-6H3. The second kappa shape index (κ2) is 7.41. The molecule has 3 aromatic rings. The van der Waals surface area contributed by atoms with E-state index in [0.29, 0.717) is 17.1 Å². The van der Waals surface area contributed by atoms with E-state index in [0.717, 1.165) is 43.5 Å². The molecule has 0 saturated carbocycles. The van der Waals surface area contributed by atoms with Crippen LogP contribution in [-0.2, 0) is 31.0 Å². The van der Waals surface area contributed by atoms with E-state index in [1.807, 2.05) is 11.7 Å². The van der Waals surface area contributed by atoms with E-state index in [9.17, 15) is 0 Å². The second-order valence-corrected chi connectivity index (χ2v) is 8.99. The first-order valence-corrected chi connectivity index (χ1v) is 10.3. The average Bonchev–Trinajstić information content (AvgIpc) is 3.25. The molecular formula is C23H30N4O2. The highest BCUT2D eigenvalue weighted by Crippen LogP contribution is 2.38. The molecule has 1 aliphatic rings. The molecule has 29 heavy (non-hydrogen) atoms. The molecule has 0 atom stereocenters. The zero-order chi connectivity index (χ0) is 20.8. The third kappa shape index (κ3) is 3.73. The highest BCUT2D eigenvalue weighted by molar-refractivity contribution is 5.63. The normalized spacial score (nSPS) is 15.5. The molecule has 1 aromatic carbocycles. The summed E-state index contributed by atoms with van der Waals surface area (Å²) in [5, 5.41) is 8.99. The van der Waals surface area contributed by atoms with E-state index in [1.165, 1.54) is 27.9 Å². The van der Waals surface area contributed by atoms with Crippen molar-refractivity contribution in [1.82, 2.24) is 19.9 Å². The van der Waals surface area contributed by atoms with E-state index in [-0.39, 0.29) is 0 Å². The Bertz CT molecular complexity index is 1020. The van der Waals surface area contributed by atoms with Gasteiger partial charge in [0.05, 0.1) is 6.61 Å². The van der Waals surface area contributed by atoms with Crippen LogP contribution in [0.15, 0.2) is 16.7 Å². The molecule has 0 N–H and O–H groups in total. The lowest BCUT2D eigenvalue weighted by atomic mass is 9.76. The number of ether oxygens (including phenoxy) is 1. The van der Waals surface area contributed by atoms with Crippen molar-refractivity contribution in [3.63, 3.8) is 0 Å². The molecular weight excluding hydrogens is 364 g/mol. The number of rotatable bonds is 5. The van der Waals surface area contributed by atoms with Gasteiger partial charge >= 0.3 is 0 Å². The predicted molar refractivity (Wildman–Crippen MR) is 113 cm³/mol. The molecule has 0 bridgehead atoms. The minimum atomic E-state index is 0.303. The summed E-state index contributed by atoms with van der Waals surface area (Å²) in [6.45, 7) is 9.59. The van der Waals surface area contributed by atoms with Crippen LogP contribution in [0.5, 0.6) is 0 Å². The Kier molecular flexibility index (Phi) is 5.07. The Morgan fingerprint density at radius 3 is 2.62 bits per heavy atom. The van der Waals surface area contributed by atoms with E-state index in [4.69, 9.17) is 19.3 Å². The van der Waals surface area contributed by atoms with Gasteiger partial charge in [0.2, 0.25) is 5.82 Å². The van der Waals surface area contributed by atoms with Gasteiger partial charge in [0.25, 0.3) is 5.89 Å². The number of aryl methyl sites for hydroxylation is 3. The minimum absolute atomic E-state index is 0.303. The van der Waals surface area contributed by atoms with Gasteiger partial charge in [-0.1, -0.05) is 19.0 Å². The number of hydrogen-bond acceptors (Lipinski definition) is 5. The molecule has 1 aliphatic carbocycles. The molecule has 154 valence electrons. The molecule has 0 aliphatic heterocycles. The molecule has 4 rings (SSSR count). The molecule has 0 unspecified atom stereocenters. The zero-order valence-electron chi connectivity index (χ0n) is 18.3. The Labute approximate surface area is 172 Å². The van der Waals surface area contributed by atoms with E-state index >= 15 is 0 Å². The highest BCUT2D eigenvalue weighted by atomic mass is 16.5. The van der Waals surface area contributed by atoms with Crippen LogP contribution >= 0.6 is 0 Å². The van der Waals surface area contributed by atoms with Crippen molar-refractivity contribution in [2.45, 2.75) is 53.4 Å². The largest absolute Gasteiger partial charge is 0.384 e. The van der Waals surface area contributed by atoms with E-state index in [2.05, 4.69) is 45.0 Å². The molecule has 0 radical (unpaired) electrons. The molecule has 6 nitrogen and oxygen atoms in total. The summed E-state index contributed by atoms with van der Waals surface area (Å²) in [6, 6.07) is 4.26. The van der Waals surface area contributed by atoms with Gasteiger partial charge in [0.1, 0.15) is 0 Å². The van der Waals surface area contributed by atoms with Crippen LogP contribution in [-0.4, -0.2) is 33.6 Å². The number of methoxy groups -OCH3 is 1. The summed E-state index contributed by atoms with van der Waals surface area (Å²) < 4.78 is 12.9. The van der Waals surface area contributed by atoms with Crippen LogP contribution in [0.25, 0.3) is 23.0 Å². The number of aromatic nitrogens is 4. The zero-order valence-corrected chi connectivity index (χ0v) is 18.3. The summed E-state index contributed by atoms with van der Waals surface area (Å²) in [5.74, 6) is 1.12. The molecule has 0 fully saturated rings. The van der Waals surface area contributed by atoms with Crippen molar-refractivity contribution in [3.05, 3.63) is 40.1 Å². The van der Waals surface area contributed by atoms with Gasteiger partial charge in [-0.2, -0.15) is 10.1 Å². The smallest absolute Gasteiger partial charge is 0.279 e. The Hall–Kier alpha value is -2.47. The van der Waals surface area contributed by atoms with Crippen LogP contribution in [0.1, 0.15) is 48.2 Å². The molecule has 0 spiro atoms. The third-order valence-electron chi connectivity index (χ3n) is 6.11. The maximum atomic E-state index is 5.65. The Morgan fingerprint density at radius 2 is 1.93 bits per heavy atom. The van der Waals surface area contributed by atoms with Crippen LogP contribution in [0.2, 0.25) is 0 Å². The number of nitrogens with zero attached hydrogens (tertiary/aromatic N) is 4. The monoisotopic (exact) mass is 394 g/mol. The van der Waals surface area contributed by atoms with Gasteiger partial charge in [0, 0.05) is 31.0 Å². The number of hydrogen-bond donors (Lipinski definition) is 0. The number of benzene rings is 1. The average molecular weight is 395 g/mol. The highest BCUT2D eigenvalue weighted by Gasteiger charge is 2.32. The Balaban J connectivity index is 1.67. The lowest BCUT2D eigenvalue weighted by molar-refractivity contribution is 0.202. The fourth-order valence-corrected chi connectivity index (χ4v) is 4.42. The predicted octanol–water partition coefficient (Wildman–Crippen LogP) is 4.46. The van der Waals surface area contributed by atoms with Crippen LogP contribution < -0.4 is 0 Å². The summed E-state index contributed by atoms with van der Waals surface area (Å²) in [7, 11) is 3.74. The molecule has 2 aromatic heterocycles. The fraction of sp³-hybridized carbons (Fsp3) is 0.522. The van der Waals surface area contributed by atoms with Crippen LogP contribution in [0.3, 0.4) is 0 Å². The van der Waals surface area contributed by atoms with E-state index < -0.39 is 0 Å². The first kappa shape index (κ1) is 19.8. The van der Waals surface area contributed by atoms with Crippen molar-refractivity contribution in [3.8, 4) is 23.0 Å². The molecule has 0 saturated heterocycles. The Morgan fingerprint density at radius 1 is 1.21 bits per heavy atom. The first-order chi connectivity index (χ1) is 13.8. The van der Waals surface area contributed by atoms with Gasteiger partial charge < -0.3 is 9.26 Å². The van der Waals surface area contributed by atoms with Crippen molar-refractivity contribution >= 4 is 0 Å². The lowest BCUT2D eigenvalue weighted by Gasteiger charge is -2.29. The summed E-state index contributed by atoms with van der Waals surface area (Å²) in [6.07, 6.45) is 4.06. The lowest BCUT2D eigenvalue weighted by Crippen LogP contribution is -2.23. The summed E-state index contributed by atoms with van der Waals surface area (Å²) >= 11 is 0. The van der Waals surface area contributed by atoms with Gasteiger partial charge in [0.15, 0.2) is 5.69 Å². The van der Waals surface area contributed by atoms with E-state index in [1.54, 1.807) is 7.11 Å². The molecule has 0 amide bonds. The molecule has 6 heteroatoms. The van der Waals surface area contributed by atoms with Gasteiger partial charge in [-0.25, -0.2) is 0 Å². The number of fused-ring (bicyclic) bond motifs is 1. The minimum Gasteiger partial charge on any atom is -0.384 e. The summed E-state index contributed by atoms with van der Waals surface area (Å²) in [5.41, 5.74) is 8.42. The fourth-order valence-electron chi connectivity index (χ4n) is 4.42. The van der Waals surface area contributed by atoms with Crippen molar-refractivity contribution in [1.29, 1.82) is 0 Å². The van der Waals surface area contributed by atoms with Crippen LogP contribution in [0, 0.1) is 19.3 Å². The summed E-state index contributed by atoms with van der Waals surface area (Å²) in [4.78, 5) is 4.70. The van der Waals surface area contributed by atoms with Crippen molar-refractivity contribution in [2.75, 3.05) is 13.7 Å². The quantitative estimate of drug-likeness (QED) is 0.639. The maximum absolute atomic E-state index is 5.65. The topological polar surface area (TPSA) is 66.0 Å². The van der Waals surface area contributed by atoms with Crippen molar-refractivity contribution in [2.24, 2.45) is 12.5 Å². The first-order valence-electron chi connectivity index (χ1n) is 10.3. The van der Waals surface area contributed by atoms with Crippen LogP contribution in [0.4, 0.5) is 0 Å². The van der Waals surface area contributed by atoms with Gasteiger partial charge in [-0.3, -0.25) is 4.68 Å². The third-order valence-corrected chi connectivity index (χ3v) is 6.11. The SMILES string of the molecule is COCCc1c(C)cc(-c2noc(-c3nn(C)c4c3CCC(C)(C)C4)n2)cc1C. The second-order valence-electron chi connectivity index (χ2n) is 8.99. The maximum Gasteiger partial charge on any atom is 0.279 e. The van der Waals surface area contributed by atoms with Crippen molar-refractivity contribution < 1.29 is 9.26 Å². The molecule has 2 heterocycles. The van der Waals surface area contributed by atoms with Gasteiger partial charge in [-0.15, -0.1) is 0 Å².